The van der Waals surface area contributed by atoms with Crippen LogP contribution in [-0.4, -0.2) is 19.8 Å². The number of rotatable bonds is 7. The second-order valence-corrected chi connectivity index (χ2v) is 5.66. The van der Waals surface area contributed by atoms with Gasteiger partial charge in [0.15, 0.2) is 0 Å². The van der Waals surface area contributed by atoms with E-state index < -0.39 is 0 Å². The van der Waals surface area contributed by atoms with E-state index in [1.807, 2.05) is 11.3 Å². The van der Waals surface area contributed by atoms with E-state index in [2.05, 4.69) is 38.2 Å². The minimum absolute atomic E-state index is 0.442. The molecule has 0 aliphatic carbocycles. The molecule has 1 heterocycles. The second-order valence-electron chi connectivity index (χ2n) is 4.41. The van der Waals surface area contributed by atoms with Crippen LogP contribution in [0, 0.1) is 5.92 Å². The lowest BCUT2D eigenvalue weighted by atomic mass is 10.1. The maximum absolute atomic E-state index is 5.22. The molecule has 1 unspecified atom stereocenters. The minimum atomic E-state index is 0.442. The van der Waals surface area contributed by atoms with Gasteiger partial charge in [0, 0.05) is 29.5 Å². The number of hydrogen-bond donors (Lipinski definition) is 1. The Bertz CT molecular complexity index is 296. The Morgan fingerprint density at radius 3 is 2.50 bits per heavy atom. The molecule has 1 N–H and O–H groups in total. The molecule has 1 rings (SSSR count). The number of aryl methyl sites for hydroxylation is 1. The lowest BCUT2D eigenvalue weighted by molar-refractivity contribution is 0.146. The van der Waals surface area contributed by atoms with E-state index in [0.29, 0.717) is 12.0 Å². The van der Waals surface area contributed by atoms with Gasteiger partial charge in [0.25, 0.3) is 0 Å². The molecule has 0 saturated carbocycles. The Morgan fingerprint density at radius 2 is 2.00 bits per heavy atom. The summed E-state index contributed by atoms with van der Waals surface area (Å²) in [6, 6.07) is 4.89. The summed E-state index contributed by atoms with van der Waals surface area (Å²) in [6.45, 7) is 8.39. The molecule has 0 spiro atoms. The number of hydrogen-bond acceptors (Lipinski definition) is 3. The molecule has 0 amide bonds. The smallest absolute Gasteiger partial charge is 0.0618 e. The van der Waals surface area contributed by atoms with Gasteiger partial charge < -0.3 is 10.1 Å². The summed E-state index contributed by atoms with van der Waals surface area (Å²) in [4.78, 5) is 2.88. The molecule has 1 aromatic heterocycles. The SMILES string of the molecule is CCc1ccc(CNC(COC)C(C)C)s1. The molecule has 16 heavy (non-hydrogen) atoms. The summed E-state index contributed by atoms with van der Waals surface area (Å²) >= 11 is 1.90. The van der Waals surface area contributed by atoms with E-state index in [9.17, 15) is 0 Å². The first kappa shape index (κ1) is 13.7. The quantitative estimate of drug-likeness (QED) is 0.792. The number of thiophene rings is 1. The van der Waals surface area contributed by atoms with Crippen molar-refractivity contribution in [3.8, 4) is 0 Å². The third-order valence-corrected chi connectivity index (χ3v) is 3.98. The van der Waals surface area contributed by atoms with Gasteiger partial charge in [-0.1, -0.05) is 20.8 Å². The highest BCUT2D eigenvalue weighted by molar-refractivity contribution is 7.11. The highest BCUT2D eigenvalue weighted by Crippen LogP contribution is 2.17. The largest absolute Gasteiger partial charge is 0.383 e. The van der Waals surface area contributed by atoms with Crippen molar-refractivity contribution >= 4 is 11.3 Å². The first-order valence-electron chi connectivity index (χ1n) is 5.97. The van der Waals surface area contributed by atoms with Gasteiger partial charge in [-0.25, -0.2) is 0 Å². The van der Waals surface area contributed by atoms with Crippen molar-refractivity contribution in [3.05, 3.63) is 21.9 Å². The van der Waals surface area contributed by atoms with Crippen LogP contribution in [0.3, 0.4) is 0 Å². The zero-order valence-electron chi connectivity index (χ0n) is 10.7. The zero-order valence-corrected chi connectivity index (χ0v) is 11.6. The molecule has 92 valence electrons. The van der Waals surface area contributed by atoms with E-state index in [1.54, 1.807) is 7.11 Å². The van der Waals surface area contributed by atoms with Gasteiger partial charge in [-0.3, -0.25) is 0 Å². The Kier molecular flexibility index (Phi) is 6.03. The fourth-order valence-corrected chi connectivity index (χ4v) is 2.51. The summed E-state index contributed by atoms with van der Waals surface area (Å²) in [5, 5.41) is 3.56. The van der Waals surface area contributed by atoms with Gasteiger partial charge in [0.05, 0.1) is 6.61 Å². The molecule has 0 radical (unpaired) electrons. The van der Waals surface area contributed by atoms with Gasteiger partial charge in [0.2, 0.25) is 0 Å². The Balaban J connectivity index is 2.42. The second kappa shape index (κ2) is 7.05. The minimum Gasteiger partial charge on any atom is -0.383 e. The van der Waals surface area contributed by atoms with Crippen molar-refractivity contribution in [1.29, 1.82) is 0 Å². The fourth-order valence-electron chi connectivity index (χ4n) is 1.61. The standard InChI is InChI=1S/C13H23NOS/c1-5-11-6-7-12(16-11)8-14-13(9-15-4)10(2)3/h6-7,10,13-14H,5,8-9H2,1-4H3. The van der Waals surface area contributed by atoms with E-state index in [-0.39, 0.29) is 0 Å². The highest BCUT2D eigenvalue weighted by atomic mass is 32.1. The summed E-state index contributed by atoms with van der Waals surface area (Å²) in [6.07, 6.45) is 1.14. The van der Waals surface area contributed by atoms with Crippen molar-refractivity contribution < 1.29 is 4.74 Å². The van der Waals surface area contributed by atoms with E-state index in [0.717, 1.165) is 19.6 Å². The first-order valence-corrected chi connectivity index (χ1v) is 6.79. The van der Waals surface area contributed by atoms with Gasteiger partial charge in [-0.2, -0.15) is 0 Å². The summed E-state index contributed by atoms with van der Waals surface area (Å²) in [5.74, 6) is 0.602. The fraction of sp³-hybridized carbons (Fsp3) is 0.692. The molecule has 0 aliphatic rings. The van der Waals surface area contributed by atoms with E-state index >= 15 is 0 Å². The molecular weight excluding hydrogens is 218 g/mol. The Hall–Kier alpha value is -0.380. The average molecular weight is 241 g/mol. The van der Waals surface area contributed by atoms with Crippen molar-refractivity contribution in [3.63, 3.8) is 0 Å². The summed E-state index contributed by atoms with van der Waals surface area (Å²) < 4.78 is 5.22. The van der Waals surface area contributed by atoms with Crippen LogP contribution in [0.2, 0.25) is 0 Å². The molecule has 3 heteroatoms. The molecule has 0 saturated heterocycles. The lowest BCUT2D eigenvalue weighted by Crippen LogP contribution is -2.37. The predicted octanol–water partition coefficient (Wildman–Crippen LogP) is 3.07. The van der Waals surface area contributed by atoms with Crippen molar-refractivity contribution in [1.82, 2.24) is 5.32 Å². The van der Waals surface area contributed by atoms with Crippen LogP contribution in [-0.2, 0) is 17.7 Å². The maximum Gasteiger partial charge on any atom is 0.0618 e. The van der Waals surface area contributed by atoms with Crippen LogP contribution in [0.4, 0.5) is 0 Å². The molecule has 1 aromatic rings. The van der Waals surface area contributed by atoms with Crippen LogP contribution in [0.1, 0.15) is 30.5 Å². The third-order valence-electron chi connectivity index (χ3n) is 2.76. The molecule has 2 nitrogen and oxygen atoms in total. The molecule has 1 atom stereocenters. The van der Waals surface area contributed by atoms with Crippen molar-refractivity contribution in [2.75, 3.05) is 13.7 Å². The predicted molar refractivity (Wildman–Crippen MR) is 71.0 cm³/mol. The number of methoxy groups -OCH3 is 1. The number of nitrogens with one attached hydrogen (secondary N) is 1. The van der Waals surface area contributed by atoms with Crippen LogP contribution in [0.15, 0.2) is 12.1 Å². The molecular formula is C13H23NOS. The zero-order chi connectivity index (χ0) is 12.0. The van der Waals surface area contributed by atoms with Crippen molar-refractivity contribution in [2.24, 2.45) is 5.92 Å². The van der Waals surface area contributed by atoms with Gasteiger partial charge in [0.1, 0.15) is 0 Å². The van der Waals surface area contributed by atoms with Crippen LogP contribution < -0.4 is 5.32 Å². The maximum atomic E-state index is 5.22. The molecule has 0 fully saturated rings. The molecule has 0 bridgehead atoms. The van der Waals surface area contributed by atoms with Crippen LogP contribution >= 0.6 is 11.3 Å². The molecule has 0 aromatic carbocycles. The van der Waals surface area contributed by atoms with Crippen LogP contribution in [0.25, 0.3) is 0 Å². The van der Waals surface area contributed by atoms with E-state index in [1.165, 1.54) is 9.75 Å². The van der Waals surface area contributed by atoms with Gasteiger partial charge >= 0.3 is 0 Å². The monoisotopic (exact) mass is 241 g/mol. The summed E-state index contributed by atoms with van der Waals surface area (Å²) in [5.41, 5.74) is 0. The van der Waals surface area contributed by atoms with Crippen molar-refractivity contribution in [2.45, 2.75) is 39.8 Å². The average Bonchev–Trinajstić information content (AvgIpc) is 2.71. The van der Waals surface area contributed by atoms with E-state index in [4.69, 9.17) is 4.74 Å². The normalized spacial score (nSPS) is 13.3. The van der Waals surface area contributed by atoms with Gasteiger partial charge in [-0.15, -0.1) is 11.3 Å². The Morgan fingerprint density at radius 1 is 1.31 bits per heavy atom. The van der Waals surface area contributed by atoms with Crippen LogP contribution in [0.5, 0.6) is 0 Å². The third kappa shape index (κ3) is 4.24. The summed E-state index contributed by atoms with van der Waals surface area (Å²) in [7, 11) is 1.76. The Labute approximate surface area is 103 Å². The molecule has 0 aliphatic heterocycles. The number of ether oxygens (including phenoxy) is 1. The topological polar surface area (TPSA) is 21.3 Å². The highest BCUT2D eigenvalue weighted by Gasteiger charge is 2.12. The van der Waals surface area contributed by atoms with Gasteiger partial charge in [-0.05, 0) is 24.5 Å². The first-order chi connectivity index (χ1) is 7.67. The lowest BCUT2D eigenvalue weighted by Gasteiger charge is -2.21.